The molecule has 0 saturated carbocycles. The van der Waals surface area contributed by atoms with Gasteiger partial charge in [0, 0.05) is 0 Å². The largest absolute Gasteiger partial charge is 0.465 e. The lowest BCUT2D eigenvalue weighted by Crippen LogP contribution is -2.37. The van der Waals surface area contributed by atoms with E-state index in [-0.39, 0.29) is 31.4 Å². The fourth-order valence-corrected chi connectivity index (χ4v) is 0.421. The molecular formula is C5H14Cl2N2O3. The second-order valence-corrected chi connectivity index (χ2v) is 1.69. The highest BCUT2D eigenvalue weighted by atomic mass is 35.5. The van der Waals surface area contributed by atoms with Crippen molar-refractivity contribution in [2.75, 3.05) is 13.2 Å². The molecule has 0 fully saturated rings. The van der Waals surface area contributed by atoms with Crippen LogP contribution < -0.4 is 11.6 Å². The van der Waals surface area contributed by atoms with Crippen molar-refractivity contribution in [1.29, 1.82) is 0 Å². The average Bonchev–Trinajstić information content (AvgIpc) is 1.89. The van der Waals surface area contributed by atoms with Crippen LogP contribution in [0.1, 0.15) is 6.92 Å². The van der Waals surface area contributed by atoms with Gasteiger partial charge in [-0.05, 0) is 6.92 Å². The third-order valence-electron chi connectivity index (χ3n) is 0.865. The SMILES string of the molecule is CCOC(=O)[C@@H](N)CON.Cl.Cl. The minimum atomic E-state index is -0.773. The summed E-state index contributed by atoms with van der Waals surface area (Å²) in [4.78, 5) is 14.8. The number of hydrogen-bond acceptors (Lipinski definition) is 5. The van der Waals surface area contributed by atoms with Gasteiger partial charge in [0.25, 0.3) is 0 Å². The molecule has 0 bridgehead atoms. The number of rotatable bonds is 4. The Kier molecular flexibility index (Phi) is 16.3. The normalized spacial score (nSPS) is 10.6. The third-order valence-corrected chi connectivity index (χ3v) is 0.865. The van der Waals surface area contributed by atoms with E-state index in [0.717, 1.165) is 0 Å². The van der Waals surface area contributed by atoms with Gasteiger partial charge in [-0.1, -0.05) is 0 Å². The third kappa shape index (κ3) is 8.03. The first-order valence-corrected chi connectivity index (χ1v) is 2.96. The molecule has 4 N–H and O–H groups in total. The highest BCUT2D eigenvalue weighted by molar-refractivity contribution is 5.85. The van der Waals surface area contributed by atoms with Crippen LogP contribution in [0, 0.1) is 0 Å². The smallest absolute Gasteiger partial charge is 0.325 e. The van der Waals surface area contributed by atoms with Gasteiger partial charge in [0.1, 0.15) is 6.04 Å². The van der Waals surface area contributed by atoms with Crippen molar-refractivity contribution in [2.45, 2.75) is 13.0 Å². The Labute approximate surface area is 83.5 Å². The standard InChI is InChI=1S/C5H12N2O3.2ClH/c1-2-9-5(8)4(6)3-10-7;;/h4H,2-3,6-7H2,1H3;2*1H/t4-;;/m0../s1. The summed E-state index contributed by atoms with van der Waals surface area (Å²) in [6, 6.07) is -0.773. The van der Waals surface area contributed by atoms with Crippen molar-refractivity contribution in [1.82, 2.24) is 0 Å². The summed E-state index contributed by atoms with van der Waals surface area (Å²) in [5, 5.41) is 0. The maximum atomic E-state index is 10.7. The van der Waals surface area contributed by atoms with E-state index in [0.29, 0.717) is 6.61 Å². The quantitative estimate of drug-likeness (QED) is 0.498. The molecule has 0 amide bonds. The molecule has 0 aromatic rings. The first-order chi connectivity index (χ1) is 4.72. The lowest BCUT2D eigenvalue weighted by Gasteiger charge is -2.07. The van der Waals surface area contributed by atoms with Gasteiger partial charge in [0.05, 0.1) is 13.2 Å². The predicted molar refractivity (Wildman–Crippen MR) is 49.2 cm³/mol. The van der Waals surface area contributed by atoms with Gasteiger partial charge in [-0.3, -0.25) is 4.79 Å². The van der Waals surface area contributed by atoms with Gasteiger partial charge in [0.2, 0.25) is 0 Å². The molecule has 0 saturated heterocycles. The molecule has 0 unspecified atom stereocenters. The highest BCUT2D eigenvalue weighted by Crippen LogP contribution is 1.84. The molecule has 0 aromatic carbocycles. The summed E-state index contributed by atoms with van der Waals surface area (Å²) in [6.45, 7) is 2.00. The minimum Gasteiger partial charge on any atom is -0.465 e. The summed E-state index contributed by atoms with van der Waals surface area (Å²) in [5.41, 5.74) is 5.23. The van der Waals surface area contributed by atoms with Crippen LogP contribution in [0.3, 0.4) is 0 Å². The molecule has 0 aliphatic carbocycles. The topological polar surface area (TPSA) is 87.6 Å². The van der Waals surface area contributed by atoms with Crippen LogP contribution in [-0.4, -0.2) is 25.2 Å². The number of halogens is 2. The van der Waals surface area contributed by atoms with E-state index in [9.17, 15) is 4.79 Å². The number of carbonyl (C=O) groups is 1. The first-order valence-electron chi connectivity index (χ1n) is 2.96. The van der Waals surface area contributed by atoms with Crippen LogP contribution in [-0.2, 0) is 14.4 Å². The van der Waals surface area contributed by atoms with Crippen LogP contribution in [0.5, 0.6) is 0 Å². The van der Waals surface area contributed by atoms with Crippen molar-refractivity contribution >= 4 is 30.8 Å². The molecule has 0 aliphatic heterocycles. The second kappa shape index (κ2) is 10.9. The van der Waals surface area contributed by atoms with E-state index < -0.39 is 12.0 Å². The molecule has 0 rings (SSSR count). The fraction of sp³-hybridized carbons (Fsp3) is 0.800. The summed E-state index contributed by atoms with van der Waals surface area (Å²) < 4.78 is 4.56. The zero-order valence-corrected chi connectivity index (χ0v) is 8.32. The minimum absolute atomic E-state index is 0. The Morgan fingerprint density at radius 3 is 2.33 bits per heavy atom. The molecule has 5 nitrogen and oxygen atoms in total. The molecule has 0 aliphatic rings. The number of esters is 1. The molecule has 7 heteroatoms. The van der Waals surface area contributed by atoms with E-state index in [2.05, 4.69) is 15.5 Å². The number of carbonyl (C=O) groups excluding carboxylic acids is 1. The molecule has 0 aromatic heterocycles. The maximum Gasteiger partial charge on any atom is 0.325 e. The van der Waals surface area contributed by atoms with E-state index in [1.54, 1.807) is 6.92 Å². The van der Waals surface area contributed by atoms with Gasteiger partial charge in [-0.2, -0.15) is 0 Å². The predicted octanol–water partition coefficient (Wildman–Crippen LogP) is -0.389. The summed E-state index contributed by atoms with van der Waals surface area (Å²) in [5.74, 6) is 4.18. The zero-order chi connectivity index (χ0) is 7.98. The Hall–Kier alpha value is -0.0700. The van der Waals surface area contributed by atoms with Gasteiger partial charge >= 0.3 is 5.97 Å². The molecule has 12 heavy (non-hydrogen) atoms. The maximum absolute atomic E-state index is 10.7. The molecule has 0 spiro atoms. The zero-order valence-electron chi connectivity index (χ0n) is 6.69. The van der Waals surface area contributed by atoms with Gasteiger partial charge < -0.3 is 15.3 Å². The molecule has 1 atom stereocenters. The Morgan fingerprint density at radius 2 is 2.00 bits per heavy atom. The second-order valence-electron chi connectivity index (χ2n) is 1.69. The lowest BCUT2D eigenvalue weighted by atomic mass is 10.3. The molecule has 76 valence electrons. The van der Waals surface area contributed by atoms with Crippen molar-refractivity contribution in [3.8, 4) is 0 Å². The Morgan fingerprint density at radius 1 is 1.50 bits per heavy atom. The lowest BCUT2D eigenvalue weighted by molar-refractivity contribution is -0.146. The van der Waals surface area contributed by atoms with E-state index in [4.69, 9.17) is 5.73 Å². The van der Waals surface area contributed by atoms with E-state index in [1.807, 2.05) is 0 Å². The summed E-state index contributed by atoms with van der Waals surface area (Å²) in [7, 11) is 0. The van der Waals surface area contributed by atoms with Crippen molar-refractivity contribution in [3.05, 3.63) is 0 Å². The van der Waals surface area contributed by atoms with Crippen LogP contribution >= 0.6 is 24.8 Å². The molecule has 0 radical (unpaired) electrons. The van der Waals surface area contributed by atoms with Crippen LogP contribution in [0.2, 0.25) is 0 Å². The monoisotopic (exact) mass is 220 g/mol. The van der Waals surface area contributed by atoms with Crippen molar-refractivity contribution in [3.63, 3.8) is 0 Å². The fourth-order valence-electron chi connectivity index (χ4n) is 0.421. The summed E-state index contributed by atoms with van der Waals surface area (Å²) >= 11 is 0. The average molecular weight is 221 g/mol. The van der Waals surface area contributed by atoms with E-state index in [1.165, 1.54) is 0 Å². The van der Waals surface area contributed by atoms with Gasteiger partial charge in [-0.15, -0.1) is 24.8 Å². The Balaban J connectivity index is -0.000000405. The summed E-state index contributed by atoms with van der Waals surface area (Å²) in [6.07, 6.45) is 0. The van der Waals surface area contributed by atoms with Crippen molar-refractivity contribution < 1.29 is 14.4 Å². The van der Waals surface area contributed by atoms with Crippen LogP contribution in [0.25, 0.3) is 0 Å². The Bertz CT molecular complexity index is 115. The van der Waals surface area contributed by atoms with E-state index >= 15 is 0 Å². The van der Waals surface area contributed by atoms with Gasteiger partial charge in [-0.25, -0.2) is 5.90 Å². The number of ether oxygens (including phenoxy) is 1. The number of nitrogens with two attached hydrogens (primary N) is 2. The van der Waals surface area contributed by atoms with Crippen LogP contribution in [0.4, 0.5) is 0 Å². The first kappa shape index (κ1) is 17.9. The number of hydrogen-bond donors (Lipinski definition) is 2. The molecule has 0 heterocycles. The highest BCUT2D eigenvalue weighted by Gasteiger charge is 2.13. The van der Waals surface area contributed by atoms with Gasteiger partial charge in [0.15, 0.2) is 0 Å². The molecular weight excluding hydrogens is 207 g/mol. The van der Waals surface area contributed by atoms with Crippen LogP contribution in [0.15, 0.2) is 0 Å². The van der Waals surface area contributed by atoms with Crippen molar-refractivity contribution in [2.24, 2.45) is 11.6 Å².